The molecule has 1 heterocycles. The molecule has 0 aliphatic carbocycles. The topological polar surface area (TPSA) is 41.9 Å². The number of nitrogens with zero attached hydrogens (tertiary/aromatic N) is 2. The van der Waals surface area contributed by atoms with Crippen LogP contribution in [0.1, 0.15) is 0 Å². The van der Waals surface area contributed by atoms with E-state index in [2.05, 4.69) is 15.6 Å². The molecule has 4 nitrogen and oxygen atoms in total. The van der Waals surface area contributed by atoms with Gasteiger partial charge in [0, 0.05) is 36.2 Å². The number of hydrogen-bond donors (Lipinski definition) is 2. The number of thiocarbonyl (C=S) groups is 1. The van der Waals surface area contributed by atoms with Gasteiger partial charge >= 0.3 is 0 Å². The Morgan fingerprint density at radius 1 is 1.33 bits per heavy atom. The van der Waals surface area contributed by atoms with Crippen LogP contribution in [0.2, 0.25) is 5.02 Å². The van der Waals surface area contributed by atoms with Crippen molar-refractivity contribution in [2.45, 2.75) is 6.54 Å². The van der Waals surface area contributed by atoms with Crippen LogP contribution in [-0.4, -0.2) is 21.2 Å². The number of imidazole rings is 1. The van der Waals surface area contributed by atoms with Crippen molar-refractivity contribution < 1.29 is 0 Å². The van der Waals surface area contributed by atoms with Gasteiger partial charge < -0.3 is 15.2 Å². The third-order valence-corrected chi connectivity index (χ3v) is 2.82. The van der Waals surface area contributed by atoms with E-state index < -0.39 is 0 Å². The fraction of sp³-hybridized carbons (Fsp3) is 0.167. The Labute approximate surface area is 116 Å². The molecular formula is C12H13ClN4S. The molecule has 18 heavy (non-hydrogen) atoms. The molecule has 2 aromatic rings. The van der Waals surface area contributed by atoms with Gasteiger partial charge in [-0.2, -0.15) is 0 Å². The molecule has 0 spiro atoms. The lowest BCUT2D eigenvalue weighted by Crippen LogP contribution is -2.31. The maximum atomic E-state index is 5.80. The van der Waals surface area contributed by atoms with Crippen molar-refractivity contribution >= 4 is 34.6 Å². The van der Waals surface area contributed by atoms with Gasteiger partial charge in [-0.05, 0) is 36.5 Å². The molecule has 0 radical (unpaired) electrons. The fourth-order valence-electron chi connectivity index (χ4n) is 1.43. The largest absolute Gasteiger partial charge is 0.361 e. The van der Waals surface area contributed by atoms with Crippen molar-refractivity contribution in [3.8, 4) is 0 Å². The third-order valence-electron chi connectivity index (χ3n) is 2.32. The summed E-state index contributed by atoms with van der Waals surface area (Å²) in [6, 6.07) is 7.40. The number of nitrogens with one attached hydrogen (secondary N) is 2. The highest BCUT2D eigenvalue weighted by atomic mass is 35.5. The lowest BCUT2D eigenvalue weighted by atomic mass is 10.3. The smallest absolute Gasteiger partial charge is 0.170 e. The Kier molecular flexibility index (Phi) is 4.55. The van der Waals surface area contributed by atoms with Gasteiger partial charge in [0.2, 0.25) is 0 Å². The van der Waals surface area contributed by atoms with Gasteiger partial charge in [0.05, 0.1) is 6.33 Å². The predicted octanol–water partition coefficient (Wildman–Crippen LogP) is 2.52. The number of hydrogen-bond acceptors (Lipinski definition) is 2. The van der Waals surface area contributed by atoms with Crippen molar-refractivity contribution in [1.82, 2.24) is 14.9 Å². The Hall–Kier alpha value is -1.59. The maximum Gasteiger partial charge on any atom is 0.170 e. The average molecular weight is 281 g/mol. The van der Waals surface area contributed by atoms with E-state index in [0.29, 0.717) is 10.1 Å². The molecule has 2 N–H and O–H groups in total. The summed E-state index contributed by atoms with van der Waals surface area (Å²) >= 11 is 11.0. The zero-order chi connectivity index (χ0) is 12.8. The molecule has 0 saturated heterocycles. The summed E-state index contributed by atoms with van der Waals surface area (Å²) in [5.74, 6) is 0. The van der Waals surface area contributed by atoms with Gasteiger partial charge in [-0.25, -0.2) is 4.98 Å². The van der Waals surface area contributed by atoms with Crippen molar-refractivity contribution in [3.63, 3.8) is 0 Å². The van der Waals surface area contributed by atoms with Crippen LogP contribution in [0.4, 0.5) is 5.69 Å². The molecule has 0 aliphatic heterocycles. The Balaban J connectivity index is 1.73. The van der Waals surface area contributed by atoms with E-state index in [-0.39, 0.29) is 0 Å². The summed E-state index contributed by atoms with van der Waals surface area (Å²) in [7, 11) is 0. The van der Waals surface area contributed by atoms with Crippen molar-refractivity contribution in [3.05, 3.63) is 48.0 Å². The molecule has 1 aromatic carbocycles. The van der Waals surface area contributed by atoms with Gasteiger partial charge in [0.25, 0.3) is 0 Å². The number of rotatable bonds is 4. The number of halogens is 1. The van der Waals surface area contributed by atoms with Crippen molar-refractivity contribution in [2.24, 2.45) is 0 Å². The molecule has 6 heteroatoms. The summed E-state index contributed by atoms with van der Waals surface area (Å²) in [6.45, 7) is 1.57. The zero-order valence-electron chi connectivity index (χ0n) is 9.64. The Morgan fingerprint density at radius 3 is 2.78 bits per heavy atom. The van der Waals surface area contributed by atoms with E-state index >= 15 is 0 Å². The summed E-state index contributed by atoms with van der Waals surface area (Å²) < 4.78 is 1.98. The Morgan fingerprint density at radius 2 is 2.11 bits per heavy atom. The fourth-order valence-corrected chi connectivity index (χ4v) is 1.77. The zero-order valence-corrected chi connectivity index (χ0v) is 11.2. The Bertz CT molecular complexity index is 495. The summed E-state index contributed by atoms with van der Waals surface area (Å²) in [5.41, 5.74) is 0.916. The predicted molar refractivity (Wildman–Crippen MR) is 77.9 cm³/mol. The lowest BCUT2D eigenvalue weighted by molar-refractivity contribution is 0.675. The summed E-state index contributed by atoms with van der Waals surface area (Å²) in [5, 5.41) is 7.51. The summed E-state index contributed by atoms with van der Waals surface area (Å²) in [4.78, 5) is 3.97. The number of anilines is 1. The molecule has 0 atom stereocenters. The standard InChI is InChI=1S/C12H13ClN4S/c13-10-1-3-11(4-2-10)16-12(18)15-6-8-17-7-5-14-9-17/h1-5,7,9H,6,8H2,(H2,15,16,18). The quantitative estimate of drug-likeness (QED) is 0.845. The first-order valence-electron chi connectivity index (χ1n) is 5.50. The third kappa shape index (κ3) is 4.01. The SMILES string of the molecule is S=C(NCCn1ccnc1)Nc1ccc(Cl)cc1. The normalized spacial score (nSPS) is 10.1. The van der Waals surface area contributed by atoms with E-state index in [4.69, 9.17) is 23.8 Å². The van der Waals surface area contributed by atoms with Crippen molar-refractivity contribution in [1.29, 1.82) is 0 Å². The molecule has 0 aliphatic rings. The minimum Gasteiger partial charge on any atom is -0.361 e. The molecule has 94 valence electrons. The van der Waals surface area contributed by atoms with Crippen LogP contribution in [-0.2, 0) is 6.54 Å². The van der Waals surface area contributed by atoms with E-state index in [0.717, 1.165) is 18.8 Å². The van der Waals surface area contributed by atoms with E-state index in [1.165, 1.54) is 0 Å². The average Bonchev–Trinajstić information content (AvgIpc) is 2.85. The van der Waals surface area contributed by atoms with E-state index in [1.807, 2.05) is 35.0 Å². The molecule has 0 saturated carbocycles. The first-order valence-corrected chi connectivity index (χ1v) is 6.29. The van der Waals surface area contributed by atoms with Gasteiger partial charge in [-0.15, -0.1) is 0 Å². The lowest BCUT2D eigenvalue weighted by Gasteiger charge is -2.10. The molecule has 0 bridgehead atoms. The minimum absolute atomic E-state index is 0.595. The summed E-state index contributed by atoms with van der Waals surface area (Å²) in [6.07, 6.45) is 5.44. The van der Waals surface area contributed by atoms with Crippen LogP contribution >= 0.6 is 23.8 Å². The first kappa shape index (κ1) is 12.9. The molecule has 1 aromatic heterocycles. The molecule has 0 unspecified atom stereocenters. The number of benzene rings is 1. The number of aromatic nitrogens is 2. The molecule has 0 amide bonds. The van der Waals surface area contributed by atoms with Gasteiger partial charge in [-0.3, -0.25) is 0 Å². The van der Waals surface area contributed by atoms with Gasteiger partial charge in [0.1, 0.15) is 0 Å². The second kappa shape index (κ2) is 6.37. The molecular weight excluding hydrogens is 268 g/mol. The van der Waals surface area contributed by atoms with E-state index in [9.17, 15) is 0 Å². The van der Waals surface area contributed by atoms with Gasteiger partial charge in [-0.1, -0.05) is 11.6 Å². The molecule has 0 fully saturated rings. The maximum absolute atomic E-state index is 5.80. The highest BCUT2D eigenvalue weighted by molar-refractivity contribution is 7.80. The highest BCUT2D eigenvalue weighted by Gasteiger charge is 1.97. The van der Waals surface area contributed by atoms with Crippen molar-refractivity contribution in [2.75, 3.05) is 11.9 Å². The second-order valence-electron chi connectivity index (χ2n) is 3.69. The first-order chi connectivity index (χ1) is 8.74. The van der Waals surface area contributed by atoms with Crippen LogP contribution in [0.25, 0.3) is 0 Å². The molecule has 2 rings (SSSR count). The highest BCUT2D eigenvalue weighted by Crippen LogP contribution is 2.12. The van der Waals surface area contributed by atoms with Crippen LogP contribution in [0, 0.1) is 0 Å². The van der Waals surface area contributed by atoms with Crippen LogP contribution in [0.5, 0.6) is 0 Å². The monoisotopic (exact) mass is 280 g/mol. The minimum atomic E-state index is 0.595. The van der Waals surface area contributed by atoms with E-state index in [1.54, 1.807) is 12.5 Å². The van der Waals surface area contributed by atoms with Crippen LogP contribution in [0.15, 0.2) is 43.0 Å². The second-order valence-corrected chi connectivity index (χ2v) is 4.53. The van der Waals surface area contributed by atoms with Crippen LogP contribution < -0.4 is 10.6 Å². The van der Waals surface area contributed by atoms with Gasteiger partial charge in [0.15, 0.2) is 5.11 Å². The van der Waals surface area contributed by atoms with Crippen LogP contribution in [0.3, 0.4) is 0 Å².